The predicted molar refractivity (Wildman–Crippen MR) is 103 cm³/mol. The highest BCUT2D eigenvalue weighted by Crippen LogP contribution is 2.28. The summed E-state index contributed by atoms with van der Waals surface area (Å²) >= 11 is 0. The van der Waals surface area contributed by atoms with Crippen LogP contribution in [0.4, 0.5) is 0 Å². The standard InChI is InChI=1S/C22H24O5/c1-3-4-7-17(23)14-20(22(26)27-2)16-12-10-15(11-13-16)18-8-5-6-9-19(18)21(24)25/h5-6,8-13,20H,3-4,7,14H2,1-2H3,(H,24,25). The second-order valence-electron chi connectivity index (χ2n) is 6.39. The summed E-state index contributed by atoms with van der Waals surface area (Å²) in [6.45, 7) is 2.01. The van der Waals surface area contributed by atoms with Crippen LogP contribution in [-0.4, -0.2) is 29.9 Å². The lowest BCUT2D eigenvalue weighted by Crippen LogP contribution is -2.18. The van der Waals surface area contributed by atoms with E-state index < -0.39 is 17.9 Å². The van der Waals surface area contributed by atoms with Gasteiger partial charge in [-0.2, -0.15) is 0 Å². The molecule has 2 aromatic carbocycles. The summed E-state index contributed by atoms with van der Waals surface area (Å²) in [6, 6.07) is 13.8. The van der Waals surface area contributed by atoms with Gasteiger partial charge in [-0.3, -0.25) is 9.59 Å². The van der Waals surface area contributed by atoms with Crippen LogP contribution in [-0.2, 0) is 14.3 Å². The Kier molecular flexibility index (Phi) is 7.29. The van der Waals surface area contributed by atoms with Crippen molar-refractivity contribution in [1.82, 2.24) is 0 Å². The third kappa shape index (κ3) is 5.26. The molecule has 5 heteroatoms. The summed E-state index contributed by atoms with van der Waals surface area (Å²) in [5, 5.41) is 9.35. The fourth-order valence-electron chi connectivity index (χ4n) is 3.00. The van der Waals surface area contributed by atoms with Crippen LogP contribution in [0.5, 0.6) is 0 Å². The fraction of sp³-hybridized carbons (Fsp3) is 0.318. The van der Waals surface area contributed by atoms with E-state index in [0.29, 0.717) is 17.5 Å². The van der Waals surface area contributed by atoms with Crippen molar-refractivity contribution in [3.05, 3.63) is 59.7 Å². The first-order valence-corrected chi connectivity index (χ1v) is 9.00. The van der Waals surface area contributed by atoms with Gasteiger partial charge in [-0.1, -0.05) is 55.8 Å². The quantitative estimate of drug-likeness (QED) is 0.661. The summed E-state index contributed by atoms with van der Waals surface area (Å²) in [6.07, 6.45) is 2.29. The highest BCUT2D eigenvalue weighted by atomic mass is 16.5. The van der Waals surface area contributed by atoms with Gasteiger partial charge in [0, 0.05) is 12.8 Å². The lowest BCUT2D eigenvalue weighted by Gasteiger charge is -2.15. The van der Waals surface area contributed by atoms with Gasteiger partial charge in [0.05, 0.1) is 18.6 Å². The Morgan fingerprint density at radius 3 is 2.30 bits per heavy atom. The van der Waals surface area contributed by atoms with Crippen molar-refractivity contribution in [2.24, 2.45) is 0 Å². The topological polar surface area (TPSA) is 80.7 Å². The minimum absolute atomic E-state index is 0.0348. The number of esters is 1. The number of ketones is 1. The van der Waals surface area contributed by atoms with E-state index >= 15 is 0 Å². The van der Waals surface area contributed by atoms with Crippen LogP contribution >= 0.6 is 0 Å². The van der Waals surface area contributed by atoms with E-state index in [2.05, 4.69) is 0 Å². The van der Waals surface area contributed by atoms with Crippen molar-refractivity contribution in [2.75, 3.05) is 7.11 Å². The van der Waals surface area contributed by atoms with E-state index in [1.807, 2.05) is 6.92 Å². The molecule has 0 saturated heterocycles. The van der Waals surface area contributed by atoms with Crippen LogP contribution in [0.3, 0.4) is 0 Å². The number of rotatable bonds is 9. The van der Waals surface area contributed by atoms with Gasteiger partial charge in [0.2, 0.25) is 0 Å². The van der Waals surface area contributed by atoms with Gasteiger partial charge in [0.25, 0.3) is 0 Å². The monoisotopic (exact) mass is 368 g/mol. The number of ether oxygens (including phenoxy) is 1. The Morgan fingerprint density at radius 1 is 1.04 bits per heavy atom. The normalized spacial score (nSPS) is 11.6. The van der Waals surface area contributed by atoms with Crippen molar-refractivity contribution < 1.29 is 24.2 Å². The molecule has 2 aromatic rings. The van der Waals surface area contributed by atoms with Gasteiger partial charge >= 0.3 is 11.9 Å². The van der Waals surface area contributed by atoms with Gasteiger partial charge in [-0.25, -0.2) is 4.79 Å². The number of carboxylic acids is 1. The molecule has 0 aliphatic rings. The lowest BCUT2D eigenvalue weighted by atomic mass is 9.90. The molecule has 0 heterocycles. The number of aromatic carboxylic acids is 1. The Hall–Kier alpha value is -2.95. The van der Waals surface area contributed by atoms with Gasteiger partial charge in [-0.05, 0) is 29.2 Å². The molecule has 0 radical (unpaired) electrons. The highest BCUT2D eigenvalue weighted by Gasteiger charge is 2.24. The van der Waals surface area contributed by atoms with Crippen LogP contribution in [0, 0.1) is 0 Å². The molecule has 0 aliphatic heterocycles. The lowest BCUT2D eigenvalue weighted by molar-refractivity contribution is -0.144. The Balaban J connectivity index is 2.28. The van der Waals surface area contributed by atoms with Crippen LogP contribution in [0.25, 0.3) is 11.1 Å². The minimum Gasteiger partial charge on any atom is -0.478 e. The summed E-state index contributed by atoms with van der Waals surface area (Å²) < 4.78 is 4.87. The molecule has 0 spiro atoms. The molecule has 0 saturated carbocycles. The van der Waals surface area contributed by atoms with Crippen LogP contribution in [0.15, 0.2) is 48.5 Å². The van der Waals surface area contributed by atoms with Gasteiger partial charge in [-0.15, -0.1) is 0 Å². The number of benzene rings is 2. The Bertz CT molecular complexity index is 808. The fourth-order valence-corrected chi connectivity index (χ4v) is 3.00. The zero-order valence-corrected chi connectivity index (χ0v) is 15.6. The second-order valence-corrected chi connectivity index (χ2v) is 6.39. The van der Waals surface area contributed by atoms with E-state index in [9.17, 15) is 19.5 Å². The molecule has 0 aliphatic carbocycles. The molecule has 2 rings (SSSR count). The third-order valence-electron chi connectivity index (χ3n) is 4.51. The van der Waals surface area contributed by atoms with Gasteiger partial charge < -0.3 is 9.84 Å². The summed E-state index contributed by atoms with van der Waals surface area (Å²) in [7, 11) is 1.31. The number of unbranched alkanes of at least 4 members (excludes halogenated alkanes) is 1. The highest BCUT2D eigenvalue weighted by molar-refractivity contribution is 5.96. The van der Waals surface area contributed by atoms with Crippen LogP contribution < -0.4 is 0 Å². The SMILES string of the molecule is CCCCC(=O)CC(C(=O)OC)c1ccc(-c2ccccc2C(=O)O)cc1. The second kappa shape index (κ2) is 9.67. The molecule has 1 atom stereocenters. The summed E-state index contributed by atoms with van der Waals surface area (Å²) in [5.41, 5.74) is 2.23. The molecule has 5 nitrogen and oxygen atoms in total. The predicted octanol–water partition coefficient (Wildman–Crippen LogP) is 4.46. The number of carboxylic acid groups (broad SMARTS) is 1. The largest absolute Gasteiger partial charge is 0.478 e. The van der Waals surface area contributed by atoms with Crippen molar-refractivity contribution in [3.8, 4) is 11.1 Å². The zero-order chi connectivity index (χ0) is 19.8. The molecular weight excluding hydrogens is 344 g/mol. The molecular formula is C22H24O5. The molecule has 0 fully saturated rings. The van der Waals surface area contributed by atoms with E-state index in [4.69, 9.17) is 4.74 Å². The first kappa shape index (κ1) is 20.4. The molecule has 0 amide bonds. The maximum Gasteiger partial charge on any atom is 0.336 e. The van der Waals surface area contributed by atoms with Crippen LogP contribution in [0.2, 0.25) is 0 Å². The molecule has 0 aromatic heterocycles. The smallest absolute Gasteiger partial charge is 0.336 e. The van der Waals surface area contributed by atoms with E-state index in [1.165, 1.54) is 7.11 Å². The number of carbonyl (C=O) groups excluding carboxylic acids is 2. The van der Waals surface area contributed by atoms with Crippen molar-refractivity contribution in [3.63, 3.8) is 0 Å². The number of Topliss-reactive ketones (excluding diaryl/α,β-unsaturated/α-hetero) is 1. The zero-order valence-electron chi connectivity index (χ0n) is 15.6. The van der Waals surface area contributed by atoms with E-state index in [0.717, 1.165) is 18.4 Å². The third-order valence-corrected chi connectivity index (χ3v) is 4.51. The first-order chi connectivity index (χ1) is 13.0. The summed E-state index contributed by atoms with van der Waals surface area (Å²) in [5.74, 6) is -2.06. The van der Waals surface area contributed by atoms with Crippen molar-refractivity contribution >= 4 is 17.7 Å². The number of hydrogen-bond acceptors (Lipinski definition) is 4. The average molecular weight is 368 g/mol. The number of carbonyl (C=O) groups is 3. The molecule has 27 heavy (non-hydrogen) atoms. The minimum atomic E-state index is -0.997. The van der Waals surface area contributed by atoms with Crippen LogP contribution in [0.1, 0.15) is 54.4 Å². The van der Waals surface area contributed by atoms with Crippen molar-refractivity contribution in [2.45, 2.75) is 38.5 Å². The Morgan fingerprint density at radius 2 is 1.70 bits per heavy atom. The number of methoxy groups -OCH3 is 1. The Labute approximate surface area is 159 Å². The average Bonchev–Trinajstić information content (AvgIpc) is 2.70. The van der Waals surface area contributed by atoms with Crippen molar-refractivity contribution in [1.29, 1.82) is 0 Å². The first-order valence-electron chi connectivity index (χ1n) is 9.00. The van der Waals surface area contributed by atoms with E-state index in [1.54, 1.807) is 48.5 Å². The maximum atomic E-state index is 12.2. The molecule has 0 bridgehead atoms. The molecule has 1 unspecified atom stereocenters. The van der Waals surface area contributed by atoms with Gasteiger partial charge in [0.15, 0.2) is 0 Å². The summed E-state index contributed by atoms with van der Waals surface area (Å²) in [4.78, 5) is 35.7. The number of hydrogen-bond donors (Lipinski definition) is 1. The van der Waals surface area contributed by atoms with E-state index in [-0.39, 0.29) is 17.8 Å². The molecule has 1 N–H and O–H groups in total. The molecule has 142 valence electrons. The van der Waals surface area contributed by atoms with Gasteiger partial charge in [0.1, 0.15) is 5.78 Å². The maximum absolute atomic E-state index is 12.2.